The highest BCUT2D eigenvalue weighted by Gasteiger charge is 2.10. The lowest BCUT2D eigenvalue weighted by Crippen LogP contribution is -2.39. The number of benzene rings is 1. The molecule has 0 saturated carbocycles. The van der Waals surface area contributed by atoms with E-state index in [2.05, 4.69) is 5.32 Å². The molecule has 16 heavy (non-hydrogen) atoms. The van der Waals surface area contributed by atoms with Crippen molar-refractivity contribution in [3.05, 3.63) is 35.9 Å². The number of nitrogens with two attached hydrogens (primary N) is 1. The molecule has 3 nitrogen and oxygen atoms in total. The third kappa shape index (κ3) is 4.64. The topological polar surface area (TPSA) is 55.1 Å². The van der Waals surface area contributed by atoms with Crippen molar-refractivity contribution in [2.24, 2.45) is 0 Å². The zero-order chi connectivity index (χ0) is 12.2. The lowest BCUT2D eigenvalue weighted by Gasteiger charge is -2.18. The van der Waals surface area contributed by atoms with Gasteiger partial charge in [0.25, 0.3) is 0 Å². The second-order valence-electron chi connectivity index (χ2n) is 4.74. The molecule has 0 radical (unpaired) electrons. The third-order valence-corrected chi connectivity index (χ3v) is 1.86. The van der Waals surface area contributed by atoms with Crippen LogP contribution in [0.15, 0.2) is 30.3 Å². The molecular formula is C13H18N2O. The fourth-order valence-electron chi connectivity index (χ4n) is 1.19. The van der Waals surface area contributed by atoms with Gasteiger partial charge in [-0.3, -0.25) is 4.79 Å². The minimum atomic E-state index is -0.206. The van der Waals surface area contributed by atoms with Crippen LogP contribution in [0, 0.1) is 0 Å². The molecule has 1 rings (SSSR count). The smallest absolute Gasteiger partial charge is 0.244 e. The molecule has 0 aliphatic rings. The first kappa shape index (κ1) is 12.3. The molecule has 0 heterocycles. The van der Waals surface area contributed by atoms with Gasteiger partial charge in [-0.1, -0.05) is 12.1 Å². The fraction of sp³-hybridized carbons (Fsp3) is 0.308. The van der Waals surface area contributed by atoms with E-state index in [9.17, 15) is 4.79 Å². The van der Waals surface area contributed by atoms with E-state index in [4.69, 9.17) is 5.73 Å². The van der Waals surface area contributed by atoms with Crippen molar-refractivity contribution >= 4 is 17.7 Å². The first-order chi connectivity index (χ1) is 7.37. The Balaban J connectivity index is 2.60. The quantitative estimate of drug-likeness (QED) is 0.590. The van der Waals surface area contributed by atoms with Crippen molar-refractivity contribution < 1.29 is 4.79 Å². The third-order valence-electron chi connectivity index (χ3n) is 1.86. The van der Waals surface area contributed by atoms with Crippen LogP contribution in [-0.2, 0) is 4.79 Å². The minimum Gasteiger partial charge on any atom is -0.399 e. The monoisotopic (exact) mass is 218 g/mol. The van der Waals surface area contributed by atoms with E-state index in [0.717, 1.165) is 11.3 Å². The lowest BCUT2D eigenvalue weighted by molar-refractivity contribution is -0.117. The summed E-state index contributed by atoms with van der Waals surface area (Å²) in [5.41, 5.74) is 7.03. The number of rotatable bonds is 2. The summed E-state index contributed by atoms with van der Waals surface area (Å²) in [7, 11) is 0. The maximum atomic E-state index is 11.5. The van der Waals surface area contributed by atoms with Gasteiger partial charge in [-0.05, 0) is 44.5 Å². The number of hydrogen-bond acceptors (Lipinski definition) is 2. The Labute approximate surface area is 96.3 Å². The lowest BCUT2D eigenvalue weighted by atomic mass is 10.1. The molecule has 0 aliphatic carbocycles. The number of nitrogens with one attached hydrogen (secondary N) is 1. The van der Waals surface area contributed by atoms with Gasteiger partial charge in [-0.15, -0.1) is 0 Å². The van der Waals surface area contributed by atoms with E-state index in [1.807, 2.05) is 32.9 Å². The van der Waals surface area contributed by atoms with Crippen LogP contribution in [0.1, 0.15) is 26.3 Å². The van der Waals surface area contributed by atoms with Crippen LogP contribution >= 0.6 is 0 Å². The predicted octanol–water partition coefficient (Wildman–Crippen LogP) is 2.20. The van der Waals surface area contributed by atoms with Gasteiger partial charge in [0.15, 0.2) is 0 Å². The molecule has 1 amide bonds. The maximum Gasteiger partial charge on any atom is 0.244 e. The van der Waals surface area contributed by atoms with Crippen LogP contribution in [-0.4, -0.2) is 11.4 Å². The Hall–Kier alpha value is -1.77. The molecular weight excluding hydrogens is 200 g/mol. The minimum absolute atomic E-state index is 0.0932. The number of amides is 1. The molecule has 0 aliphatic heterocycles. The van der Waals surface area contributed by atoms with Gasteiger partial charge in [0.1, 0.15) is 0 Å². The standard InChI is InChI=1S/C13H18N2O/c1-13(2,3)15-12(16)9-6-10-4-7-11(14)8-5-10/h4-9H,14H2,1-3H3,(H,15,16)/b9-6+. The van der Waals surface area contributed by atoms with Crippen LogP contribution < -0.4 is 11.1 Å². The molecule has 0 spiro atoms. The van der Waals surface area contributed by atoms with E-state index >= 15 is 0 Å². The van der Waals surface area contributed by atoms with Crippen LogP contribution in [0.2, 0.25) is 0 Å². The van der Waals surface area contributed by atoms with Crippen molar-refractivity contribution in [3.63, 3.8) is 0 Å². The van der Waals surface area contributed by atoms with Crippen LogP contribution in [0.25, 0.3) is 6.08 Å². The second kappa shape index (κ2) is 4.84. The molecule has 0 bridgehead atoms. The summed E-state index contributed by atoms with van der Waals surface area (Å²) in [6.45, 7) is 5.84. The van der Waals surface area contributed by atoms with E-state index in [1.165, 1.54) is 6.08 Å². The van der Waals surface area contributed by atoms with E-state index in [1.54, 1.807) is 18.2 Å². The van der Waals surface area contributed by atoms with Crippen molar-refractivity contribution in [3.8, 4) is 0 Å². The van der Waals surface area contributed by atoms with Crippen molar-refractivity contribution in [2.45, 2.75) is 26.3 Å². The highest BCUT2D eigenvalue weighted by Crippen LogP contribution is 2.07. The average molecular weight is 218 g/mol. The van der Waals surface area contributed by atoms with Crippen molar-refractivity contribution in [2.75, 3.05) is 5.73 Å². The van der Waals surface area contributed by atoms with E-state index in [0.29, 0.717) is 0 Å². The summed E-state index contributed by atoms with van der Waals surface area (Å²) in [6.07, 6.45) is 3.29. The predicted molar refractivity (Wildman–Crippen MR) is 67.8 cm³/mol. The summed E-state index contributed by atoms with van der Waals surface area (Å²) in [5, 5.41) is 2.85. The van der Waals surface area contributed by atoms with Crippen molar-refractivity contribution in [1.29, 1.82) is 0 Å². The maximum absolute atomic E-state index is 11.5. The zero-order valence-electron chi connectivity index (χ0n) is 9.95. The summed E-state index contributed by atoms with van der Waals surface area (Å²) < 4.78 is 0. The van der Waals surface area contributed by atoms with Gasteiger partial charge >= 0.3 is 0 Å². The number of carbonyl (C=O) groups excluding carboxylic acids is 1. The van der Waals surface area contributed by atoms with Gasteiger partial charge in [0, 0.05) is 17.3 Å². The number of hydrogen-bond donors (Lipinski definition) is 2. The Kier molecular flexibility index (Phi) is 3.72. The summed E-state index contributed by atoms with van der Waals surface area (Å²) in [5.74, 6) is -0.0932. The average Bonchev–Trinajstić information content (AvgIpc) is 2.14. The molecule has 3 heteroatoms. The highest BCUT2D eigenvalue weighted by atomic mass is 16.1. The molecule has 1 aromatic carbocycles. The van der Waals surface area contributed by atoms with E-state index < -0.39 is 0 Å². The summed E-state index contributed by atoms with van der Waals surface area (Å²) in [4.78, 5) is 11.5. The largest absolute Gasteiger partial charge is 0.399 e. The van der Waals surface area contributed by atoms with Crippen LogP contribution in [0.3, 0.4) is 0 Å². The van der Waals surface area contributed by atoms with Gasteiger partial charge in [-0.25, -0.2) is 0 Å². The Morgan fingerprint density at radius 3 is 2.31 bits per heavy atom. The highest BCUT2D eigenvalue weighted by molar-refractivity contribution is 5.92. The molecule has 1 aromatic rings. The van der Waals surface area contributed by atoms with Crippen molar-refractivity contribution in [1.82, 2.24) is 5.32 Å². The zero-order valence-corrected chi connectivity index (χ0v) is 9.95. The Morgan fingerprint density at radius 1 is 1.25 bits per heavy atom. The molecule has 3 N–H and O–H groups in total. The summed E-state index contributed by atoms with van der Waals surface area (Å²) in [6, 6.07) is 7.36. The van der Waals surface area contributed by atoms with E-state index in [-0.39, 0.29) is 11.4 Å². The fourth-order valence-corrected chi connectivity index (χ4v) is 1.19. The second-order valence-corrected chi connectivity index (χ2v) is 4.74. The first-order valence-electron chi connectivity index (χ1n) is 5.22. The number of nitrogen functional groups attached to an aromatic ring is 1. The molecule has 0 unspecified atom stereocenters. The number of carbonyl (C=O) groups is 1. The molecule has 0 saturated heterocycles. The van der Waals surface area contributed by atoms with Gasteiger partial charge < -0.3 is 11.1 Å². The summed E-state index contributed by atoms with van der Waals surface area (Å²) >= 11 is 0. The van der Waals surface area contributed by atoms with Gasteiger partial charge in [0.2, 0.25) is 5.91 Å². The Morgan fingerprint density at radius 2 is 1.81 bits per heavy atom. The van der Waals surface area contributed by atoms with Crippen LogP contribution in [0.5, 0.6) is 0 Å². The van der Waals surface area contributed by atoms with Gasteiger partial charge in [0.05, 0.1) is 0 Å². The SMILES string of the molecule is CC(C)(C)NC(=O)/C=C/c1ccc(N)cc1. The van der Waals surface area contributed by atoms with Crippen LogP contribution in [0.4, 0.5) is 5.69 Å². The van der Waals surface area contributed by atoms with Gasteiger partial charge in [-0.2, -0.15) is 0 Å². The normalized spacial score (nSPS) is 11.7. The first-order valence-corrected chi connectivity index (χ1v) is 5.22. The molecule has 0 atom stereocenters. The number of anilines is 1. The Bertz CT molecular complexity index is 385. The molecule has 0 aromatic heterocycles. The molecule has 0 fully saturated rings. The molecule has 86 valence electrons.